The molecule has 0 radical (unpaired) electrons. The van der Waals surface area contributed by atoms with E-state index in [1.165, 1.54) is 0 Å². The molecule has 0 spiro atoms. The third-order valence-corrected chi connectivity index (χ3v) is 3.31. The molecule has 0 unspecified atom stereocenters. The topological polar surface area (TPSA) is 61.8 Å². The summed E-state index contributed by atoms with van der Waals surface area (Å²) in [4.78, 5) is 0. The van der Waals surface area contributed by atoms with Gasteiger partial charge in [0.1, 0.15) is 0 Å². The summed E-state index contributed by atoms with van der Waals surface area (Å²) >= 11 is 0.117. The second kappa shape index (κ2) is 3.60. The van der Waals surface area contributed by atoms with Crippen molar-refractivity contribution in [3.63, 3.8) is 0 Å². The van der Waals surface area contributed by atoms with Crippen LogP contribution >= 0.6 is 0 Å². The minimum atomic E-state index is 0.117. The molecule has 2 N–H and O–H groups in total. The molecule has 66 valence electrons. The molecule has 13 heavy (non-hydrogen) atoms. The number of hydrogen-bond donors (Lipinski definition) is 2. The molecule has 0 amide bonds. The monoisotopic (exact) mass is 241 g/mol. The molecular weight excluding hydrogens is 233 g/mol. The van der Waals surface area contributed by atoms with Gasteiger partial charge in [-0.25, -0.2) is 0 Å². The predicted molar refractivity (Wildman–Crippen MR) is 49.5 cm³/mol. The van der Waals surface area contributed by atoms with E-state index in [0.717, 1.165) is 9.05 Å². The van der Waals surface area contributed by atoms with Crippen LogP contribution in [0.4, 0.5) is 0 Å². The van der Waals surface area contributed by atoms with Crippen molar-refractivity contribution in [1.82, 2.24) is 15.4 Å². The summed E-state index contributed by atoms with van der Waals surface area (Å²) < 4.78 is 2.01. The van der Waals surface area contributed by atoms with Crippen LogP contribution in [0.5, 0.6) is 5.75 Å². The standard InChI is InChI=1S/C8H7N3OSe/c12-6-2-1-3-7(4-6)13-8-5-9-11-10-8/h1-5,12H,(H,9,10,11). The normalized spacial score (nSPS) is 10.2. The van der Waals surface area contributed by atoms with Crippen LogP contribution in [0.15, 0.2) is 30.5 Å². The zero-order chi connectivity index (χ0) is 9.10. The van der Waals surface area contributed by atoms with Gasteiger partial charge in [-0.2, -0.15) is 0 Å². The van der Waals surface area contributed by atoms with Gasteiger partial charge in [-0.05, 0) is 0 Å². The number of nitrogens with one attached hydrogen (secondary N) is 1. The molecular formula is C8H7N3OSe. The van der Waals surface area contributed by atoms with E-state index in [2.05, 4.69) is 15.4 Å². The van der Waals surface area contributed by atoms with Gasteiger partial charge in [0.05, 0.1) is 0 Å². The van der Waals surface area contributed by atoms with Crippen molar-refractivity contribution in [3.05, 3.63) is 30.5 Å². The average molecular weight is 240 g/mol. The third kappa shape index (κ3) is 2.08. The Hall–Kier alpha value is -1.32. The number of phenolic OH excluding ortho intramolecular Hbond substituents is 1. The average Bonchev–Trinajstić information content (AvgIpc) is 2.57. The number of phenols is 1. The minimum absolute atomic E-state index is 0.117. The van der Waals surface area contributed by atoms with E-state index in [9.17, 15) is 5.11 Å². The molecule has 4 nitrogen and oxygen atoms in total. The van der Waals surface area contributed by atoms with Gasteiger partial charge in [0.25, 0.3) is 0 Å². The van der Waals surface area contributed by atoms with Gasteiger partial charge in [0.15, 0.2) is 0 Å². The van der Waals surface area contributed by atoms with Crippen LogP contribution in [0.25, 0.3) is 0 Å². The fourth-order valence-electron chi connectivity index (χ4n) is 0.908. The number of H-pyrrole nitrogens is 1. The molecule has 2 rings (SSSR count). The summed E-state index contributed by atoms with van der Waals surface area (Å²) in [5, 5.41) is 19.4. The van der Waals surface area contributed by atoms with Gasteiger partial charge < -0.3 is 0 Å². The molecule has 0 atom stereocenters. The first-order valence-corrected chi connectivity index (χ1v) is 5.38. The molecule has 1 aromatic carbocycles. The van der Waals surface area contributed by atoms with E-state index in [1.54, 1.807) is 18.3 Å². The van der Waals surface area contributed by atoms with E-state index in [1.807, 2.05) is 12.1 Å². The summed E-state index contributed by atoms with van der Waals surface area (Å²) in [5.74, 6) is 0.294. The zero-order valence-electron chi connectivity index (χ0n) is 6.64. The van der Waals surface area contributed by atoms with Crippen LogP contribution in [-0.2, 0) is 0 Å². The molecule has 1 aromatic heterocycles. The molecule has 0 saturated heterocycles. The van der Waals surface area contributed by atoms with Crippen LogP contribution in [0.3, 0.4) is 0 Å². The molecule has 0 saturated carbocycles. The van der Waals surface area contributed by atoms with Crippen LogP contribution in [0.1, 0.15) is 0 Å². The number of hydrogen-bond acceptors (Lipinski definition) is 3. The summed E-state index contributed by atoms with van der Waals surface area (Å²) in [6.07, 6.45) is 1.70. The SMILES string of the molecule is Oc1cccc([Se]c2cn[nH]n2)c1. The Morgan fingerprint density at radius 2 is 2.31 bits per heavy atom. The Labute approximate surface area is 81.1 Å². The van der Waals surface area contributed by atoms with E-state index in [0.29, 0.717) is 5.75 Å². The number of benzene rings is 1. The molecule has 0 aliphatic carbocycles. The Balaban J connectivity index is 2.19. The van der Waals surface area contributed by atoms with Gasteiger partial charge in [-0.1, -0.05) is 0 Å². The van der Waals surface area contributed by atoms with Gasteiger partial charge in [0, 0.05) is 0 Å². The number of nitrogens with zero attached hydrogens (tertiary/aromatic N) is 2. The van der Waals surface area contributed by atoms with E-state index in [-0.39, 0.29) is 15.0 Å². The van der Waals surface area contributed by atoms with Gasteiger partial charge in [-0.3, -0.25) is 0 Å². The summed E-state index contributed by atoms with van der Waals surface area (Å²) in [5.41, 5.74) is 0. The molecule has 0 fully saturated rings. The van der Waals surface area contributed by atoms with E-state index >= 15 is 0 Å². The second-order valence-corrected chi connectivity index (χ2v) is 4.70. The van der Waals surface area contributed by atoms with Crippen molar-refractivity contribution < 1.29 is 5.11 Å². The van der Waals surface area contributed by atoms with Gasteiger partial charge >= 0.3 is 80.7 Å². The summed E-state index contributed by atoms with van der Waals surface area (Å²) in [6.45, 7) is 0. The van der Waals surface area contributed by atoms with Crippen molar-refractivity contribution in [2.75, 3.05) is 0 Å². The van der Waals surface area contributed by atoms with Gasteiger partial charge in [-0.15, -0.1) is 0 Å². The van der Waals surface area contributed by atoms with Crippen molar-refractivity contribution in [2.24, 2.45) is 0 Å². The summed E-state index contributed by atoms with van der Waals surface area (Å²) in [6, 6.07) is 7.19. The fourth-order valence-corrected chi connectivity index (χ4v) is 2.50. The Morgan fingerprint density at radius 1 is 1.38 bits per heavy atom. The van der Waals surface area contributed by atoms with Crippen molar-refractivity contribution in [2.45, 2.75) is 0 Å². The summed E-state index contributed by atoms with van der Waals surface area (Å²) in [7, 11) is 0. The maximum atomic E-state index is 9.21. The van der Waals surface area contributed by atoms with Crippen molar-refractivity contribution >= 4 is 24.0 Å². The molecule has 0 aliphatic heterocycles. The number of aromatic hydroxyl groups is 1. The number of aromatic nitrogens is 3. The first kappa shape index (κ1) is 8.29. The Bertz CT molecular complexity index is 388. The van der Waals surface area contributed by atoms with Crippen LogP contribution in [0, 0.1) is 0 Å². The van der Waals surface area contributed by atoms with Crippen LogP contribution in [-0.4, -0.2) is 35.5 Å². The van der Waals surface area contributed by atoms with E-state index < -0.39 is 0 Å². The first-order valence-electron chi connectivity index (χ1n) is 3.67. The quantitative estimate of drug-likeness (QED) is 0.673. The molecule has 1 heterocycles. The molecule has 2 aromatic rings. The van der Waals surface area contributed by atoms with Gasteiger partial charge in [0.2, 0.25) is 0 Å². The zero-order valence-corrected chi connectivity index (χ0v) is 8.35. The van der Waals surface area contributed by atoms with Crippen molar-refractivity contribution in [3.8, 4) is 5.75 Å². The molecule has 0 bridgehead atoms. The second-order valence-electron chi connectivity index (χ2n) is 2.41. The Kier molecular flexibility index (Phi) is 2.29. The molecule has 0 aliphatic rings. The third-order valence-electron chi connectivity index (χ3n) is 1.43. The van der Waals surface area contributed by atoms with Crippen LogP contribution < -0.4 is 9.05 Å². The maximum absolute atomic E-state index is 9.21. The first-order chi connectivity index (χ1) is 6.34. The number of rotatable bonds is 2. The molecule has 5 heteroatoms. The van der Waals surface area contributed by atoms with E-state index in [4.69, 9.17) is 0 Å². The fraction of sp³-hybridized carbons (Fsp3) is 0. The predicted octanol–water partition coefficient (Wildman–Crippen LogP) is -0.835. The van der Waals surface area contributed by atoms with Crippen LogP contribution in [0.2, 0.25) is 0 Å². The Morgan fingerprint density at radius 3 is 3.00 bits per heavy atom. The number of aromatic amines is 1. The van der Waals surface area contributed by atoms with Crippen molar-refractivity contribution in [1.29, 1.82) is 0 Å².